The van der Waals surface area contributed by atoms with Crippen molar-refractivity contribution in [2.24, 2.45) is 0 Å². The van der Waals surface area contributed by atoms with E-state index in [2.05, 4.69) is 10.7 Å². The van der Waals surface area contributed by atoms with Gasteiger partial charge in [-0.05, 0) is 30.5 Å². The number of benzene rings is 1. The largest absolute Gasteiger partial charge is 0.313 e. The van der Waals surface area contributed by atoms with Crippen molar-refractivity contribution in [3.8, 4) is 0 Å². The minimum Gasteiger partial charge on any atom is -0.313 e. The van der Waals surface area contributed by atoms with E-state index in [0.717, 1.165) is 5.56 Å². The van der Waals surface area contributed by atoms with Crippen LogP contribution in [0.1, 0.15) is 26.3 Å². The second kappa shape index (κ2) is 6.51. The molecule has 21 heavy (non-hydrogen) atoms. The van der Waals surface area contributed by atoms with E-state index in [-0.39, 0.29) is 11.8 Å². The highest BCUT2D eigenvalue weighted by Gasteiger charge is 2.16. The standard InChI is InChI=1S/C15H17N3O2S/c1-10-4-6-11(7-5-10)13(19)16-15-12(8-9-21-15)14(20)17-18(2)3/h4-9H,1-3H3,(H,16,19)(H,17,20). The lowest BCUT2D eigenvalue weighted by Gasteiger charge is -2.12. The highest BCUT2D eigenvalue weighted by atomic mass is 32.1. The summed E-state index contributed by atoms with van der Waals surface area (Å²) in [4.78, 5) is 24.2. The van der Waals surface area contributed by atoms with Crippen LogP contribution in [-0.2, 0) is 0 Å². The van der Waals surface area contributed by atoms with E-state index < -0.39 is 0 Å². The number of carbonyl (C=O) groups is 2. The van der Waals surface area contributed by atoms with E-state index in [1.807, 2.05) is 19.1 Å². The molecule has 2 aromatic rings. The molecule has 1 aromatic carbocycles. The van der Waals surface area contributed by atoms with Crippen LogP contribution in [0, 0.1) is 6.92 Å². The molecular weight excluding hydrogens is 286 g/mol. The molecule has 0 atom stereocenters. The van der Waals surface area contributed by atoms with E-state index in [9.17, 15) is 9.59 Å². The summed E-state index contributed by atoms with van der Waals surface area (Å²) < 4.78 is 0. The molecule has 0 saturated carbocycles. The molecule has 2 amide bonds. The Morgan fingerprint density at radius 2 is 1.71 bits per heavy atom. The molecule has 0 bridgehead atoms. The molecule has 0 saturated heterocycles. The molecule has 0 fully saturated rings. The summed E-state index contributed by atoms with van der Waals surface area (Å²) in [5, 5.41) is 6.66. The summed E-state index contributed by atoms with van der Waals surface area (Å²) in [5.74, 6) is -0.475. The predicted molar refractivity (Wildman–Crippen MR) is 84.6 cm³/mol. The first-order chi connectivity index (χ1) is 9.97. The van der Waals surface area contributed by atoms with Gasteiger partial charge in [-0.1, -0.05) is 17.7 Å². The molecule has 0 aliphatic rings. The first kappa shape index (κ1) is 15.2. The van der Waals surface area contributed by atoms with Gasteiger partial charge in [0.15, 0.2) is 0 Å². The molecule has 0 aliphatic heterocycles. The number of rotatable bonds is 4. The second-order valence-corrected chi connectivity index (χ2v) is 5.74. The van der Waals surface area contributed by atoms with Crippen molar-refractivity contribution in [3.63, 3.8) is 0 Å². The molecule has 110 valence electrons. The van der Waals surface area contributed by atoms with Gasteiger partial charge in [-0.25, -0.2) is 5.01 Å². The Balaban J connectivity index is 2.13. The van der Waals surface area contributed by atoms with Crippen LogP contribution in [0.3, 0.4) is 0 Å². The van der Waals surface area contributed by atoms with E-state index in [1.165, 1.54) is 11.3 Å². The third kappa shape index (κ3) is 3.90. The lowest BCUT2D eigenvalue weighted by Crippen LogP contribution is -2.36. The topological polar surface area (TPSA) is 61.4 Å². The van der Waals surface area contributed by atoms with Crippen LogP contribution >= 0.6 is 11.3 Å². The maximum absolute atomic E-state index is 12.2. The summed E-state index contributed by atoms with van der Waals surface area (Å²) >= 11 is 1.32. The van der Waals surface area contributed by atoms with Crippen LogP contribution in [0.2, 0.25) is 0 Å². The minimum atomic E-state index is -0.250. The lowest BCUT2D eigenvalue weighted by molar-refractivity contribution is 0.0858. The molecule has 1 aromatic heterocycles. The third-order valence-electron chi connectivity index (χ3n) is 2.78. The van der Waals surface area contributed by atoms with Gasteiger partial charge in [0.2, 0.25) is 0 Å². The van der Waals surface area contributed by atoms with Gasteiger partial charge in [0.25, 0.3) is 11.8 Å². The Labute approximate surface area is 127 Å². The molecule has 1 heterocycles. The van der Waals surface area contributed by atoms with E-state index in [1.54, 1.807) is 42.7 Å². The number of aryl methyl sites for hydroxylation is 1. The molecule has 0 unspecified atom stereocenters. The van der Waals surface area contributed by atoms with Gasteiger partial charge >= 0.3 is 0 Å². The van der Waals surface area contributed by atoms with Gasteiger partial charge in [0, 0.05) is 19.7 Å². The second-order valence-electron chi connectivity index (χ2n) is 4.82. The monoisotopic (exact) mass is 303 g/mol. The molecule has 0 aliphatic carbocycles. The molecule has 2 rings (SSSR count). The number of thiophene rings is 1. The zero-order valence-corrected chi connectivity index (χ0v) is 13.0. The summed E-state index contributed by atoms with van der Waals surface area (Å²) in [5.41, 5.74) is 4.76. The van der Waals surface area contributed by atoms with Crippen LogP contribution < -0.4 is 10.7 Å². The van der Waals surface area contributed by atoms with Crippen molar-refractivity contribution >= 4 is 28.2 Å². The highest BCUT2D eigenvalue weighted by Crippen LogP contribution is 2.24. The number of hydrogen-bond acceptors (Lipinski definition) is 4. The van der Waals surface area contributed by atoms with Gasteiger partial charge in [-0.2, -0.15) is 0 Å². The molecular formula is C15H17N3O2S. The SMILES string of the molecule is Cc1ccc(C(=O)Nc2sccc2C(=O)NN(C)C)cc1. The molecule has 5 nitrogen and oxygen atoms in total. The van der Waals surface area contributed by atoms with E-state index >= 15 is 0 Å². The van der Waals surface area contributed by atoms with Crippen molar-refractivity contribution in [1.29, 1.82) is 0 Å². The van der Waals surface area contributed by atoms with Crippen molar-refractivity contribution in [2.45, 2.75) is 6.92 Å². The van der Waals surface area contributed by atoms with Crippen LogP contribution in [0.15, 0.2) is 35.7 Å². The first-order valence-electron chi connectivity index (χ1n) is 6.41. The normalized spacial score (nSPS) is 10.5. The van der Waals surface area contributed by atoms with Crippen LogP contribution in [0.5, 0.6) is 0 Å². The first-order valence-corrected chi connectivity index (χ1v) is 7.29. The maximum Gasteiger partial charge on any atom is 0.268 e. The van der Waals surface area contributed by atoms with Crippen molar-refractivity contribution in [2.75, 3.05) is 19.4 Å². The fourth-order valence-electron chi connectivity index (χ4n) is 1.73. The average Bonchev–Trinajstić information content (AvgIpc) is 2.86. The fraction of sp³-hybridized carbons (Fsp3) is 0.200. The zero-order chi connectivity index (χ0) is 15.4. The zero-order valence-electron chi connectivity index (χ0n) is 12.1. The summed E-state index contributed by atoms with van der Waals surface area (Å²) in [7, 11) is 3.46. The van der Waals surface area contributed by atoms with Crippen LogP contribution in [-0.4, -0.2) is 30.9 Å². The Morgan fingerprint density at radius 1 is 1.05 bits per heavy atom. The fourth-order valence-corrected chi connectivity index (χ4v) is 2.51. The number of hydrogen-bond donors (Lipinski definition) is 2. The highest BCUT2D eigenvalue weighted by molar-refractivity contribution is 7.14. The van der Waals surface area contributed by atoms with Gasteiger partial charge in [-0.3, -0.25) is 15.0 Å². The quantitative estimate of drug-likeness (QED) is 0.853. The lowest BCUT2D eigenvalue weighted by atomic mass is 10.1. The Kier molecular flexibility index (Phi) is 4.72. The number of amides is 2. The summed E-state index contributed by atoms with van der Waals surface area (Å²) in [6.07, 6.45) is 0. The number of carbonyl (C=O) groups excluding carboxylic acids is 2. The number of hydrazine groups is 1. The number of nitrogens with zero attached hydrogens (tertiary/aromatic N) is 1. The van der Waals surface area contributed by atoms with Crippen LogP contribution in [0.25, 0.3) is 0 Å². The molecule has 0 spiro atoms. The summed E-state index contributed by atoms with van der Waals surface area (Å²) in [6.45, 7) is 1.96. The number of nitrogens with one attached hydrogen (secondary N) is 2. The molecule has 0 radical (unpaired) electrons. The minimum absolute atomic E-state index is 0.226. The predicted octanol–water partition coefficient (Wildman–Crippen LogP) is 2.52. The van der Waals surface area contributed by atoms with Gasteiger partial charge in [0.1, 0.15) is 5.00 Å². The average molecular weight is 303 g/mol. The Morgan fingerprint density at radius 3 is 2.33 bits per heavy atom. The third-order valence-corrected chi connectivity index (χ3v) is 3.61. The van der Waals surface area contributed by atoms with Gasteiger partial charge in [0.05, 0.1) is 5.56 Å². The molecule has 2 N–H and O–H groups in total. The van der Waals surface area contributed by atoms with Crippen molar-refractivity contribution < 1.29 is 9.59 Å². The number of anilines is 1. The van der Waals surface area contributed by atoms with Crippen molar-refractivity contribution in [3.05, 3.63) is 52.4 Å². The van der Waals surface area contributed by atoms with Gasteiger partial charge in [-0.15, -0.1) is 11.3 Å². The van der Waals surface area contributed by atoms with Gasteiger partial charge < -0.3 is 5.32 Å². The van der Waals surface area contributed by atoms with Crippen LogP contribution in [0.4, 0.5) is 5.00 Å². The maximum atomic E-state index is 12.2. The van der Waals surface area contributed by atoms with Crippen molar-refractivity contribution in [1.82, 2.24) is 10.4 Å². The smallest absolute Gasteiger partial charge is 0.268 e. The molecule has 6 heteroatoms. The van der Waals surface area contributed by atoms with E-state index in [0.29, 0.717) is 16.1 Å². The Hall–Kier alpha value is -2.18. The van der Waals surface area contributed by atoms with E-state index in [4.69, 9.17) is 0 Å². The summed E-state index contributed by atoms with van der Waals surface area (Å²) in [6, 6.07) is 8.97. The Bertz CT molecular complexity index is 647.